The van der Waals surface area contributed by atoms with Gasteiger partial charge in [0.1, 0.15) is 0 Å². The Morgan fingerprint density at radius 2 is 2.00 bits per heavy atom. The molecule has 2 aromatic rings. The molecule has 20 heavy (non-hydrogen) atoms. The highest BCUT2D eigenvalue weighted by molar-refractivity contribution is 9.09. The molecule has 0 aliphatic rings. The molecule has 1 aromatic carbocycles. The first-order chi connectivity index (χ1) is 9.38. The average molecular weight is 379 g/mol. The van der Waals surface area contributed by atoms with Gasteiger partial charge in [0.25, 0.3) is 0 Å². The summed E-state index contributed by atoms with van der Waals surface area (Å²) in [7, 11) is -3.35. The largest absolute Gasteiger partial charge is 0.251 e. The van der Waals surface area contributed by atoms with Gasteiger partial charge in [0.2, 0.25) is 0 Å². The van der Waals surface area contributed by atoms with Crippen LogP contribution >= 0.6 is 27.5 Å². The molecule has 0 fully saturated rings. The van der Waals surface area contributed by atoms with Crippen LogP contribution in [0, 0.1) is 0 Å². The van der Waals surface area contributed by atoms with E-state index in [1.54, 1.807) is 18.3 Å². The van der Waals surface area contributed by atoms with Crippen LogP contribution in [0.1, 0.15) is 17.4 Å². The average Bonchev–Trinajstić information content (AvgIpc) is 2.86. The van der Waals surface area contributed by atoms with E-state index >= 15 is 0 Å². The highest BCUT2D eigenvalue weighted by Crippen LogP contribution is 2.18. The first-order valence-corrected chi connectivity index (χ1v) is 8.85. The molecule has 0 aliphatic heterocycles. The van der Waals surface area contributed by atoms with E-state index in [9.17, 15) is 8.42 Å². The Morgan fingerprint density at radius 3 is 2.55 bits per heavy atom. The Bertz CT molecular complexity index is 683. The van der Waals surface area contributed by atoms with Crippen molar-refractivity contribution in [3.63, 3.8) is 0 Å². The van der Waals surface area contributed by atoms with Crippen LogP contribution in [0.25, 0.3) is 0 Å². The Kier molecular flexibility index (Phi) is 4.82. The summed E-state index contributed by atoms with van der Waals surface area (Å²) in [5.74, 6) is -0.0336. The van der Waals surface area contributed by atoms with Gasteiger partial charge in [-0.25, -0.2) is 8.42 Å². The number of aromatic nitrogens is 3. The number of nitrogens with zero attached hydrogens (tertiary/aromatic N) is 3. The maximum Gasteiger partial charge on any atom is 0.180 e. The molecule has 0 saturated carbocycles. The predicted molar refractivity (Wildman–Crippen MR) is 80.9 cm³/mol. The Labute approximate surface area is 131 Å². The van der Waals surface area contributed by atoms with E-state index in [0.717, 1.165) is 5.69 Å². The second-order valence-electron chi connectivity index (χ2n) is 4.30. The van der Waals surface area contributed by atoms with Crippen molar-refractivity contribution < 1.29 is 8.42 Å². The minimum absolute atomic E-state index is 0.0336. The Morgan fingerprint density at radius 1 is 1.35 bits per heavy atom. The molecule has 0 aliphatic carbocycles. The van der Waals surface area contributed by atoms with Gasteiger partial charge in [0.05, 0.1) is 27.7 Å². The van der Waals surface area contributed by atoms with E-state index in [4.69, 9.17) is 11.6 Å². The first-order valence-electron chi connectivity index (χ1n) is 5.91. The molecule has 1 atom stereocenters. The van der Waals surface area contributed by atoms with Crippen LogP contribution in [0.5, 0.6) is 0 Å². The number of hydrogen-bond acceptors (Lipinski definition) is 4. The fourth-order valence-electron chi connectivity index (χ4n) is 1.58. The zero-order chi connectivity index (χ0) is 14.8. The molecule has 1 aromatic heterocycles. The molecule has 5 nitrogen and oxygen atoms in total. The summed E-state index contributed by atoms with van der Waals surface area (Å²) in [6.07, 6.45) is 1.73. The normalized spacial score (nSPS) is 13.3. The fourth-order valence-corrected chi connectivity index (χ4v) is 3.13. The first kappa shape index (κ1) is 15.5. The molecule has 0 N–H and O–H groups in total. The number of alkyl halides is 1. The molecule has 0 spiro atoms. The molecule has 1 heterocycles. The lowest BCUT2D eigenvalue weighted by Crippen LogP contribution is -2.13. The lowest BCUT2D eigenvalue weighted by Gasteiger charge is -2.04. The fraction of sp³-hybridized carbons (Fsp3) is 0.333. The van der Waals surface area contributed by atoms with Gasteiger partial charge < -0.3 is 0 Å². The molecule has 1 unspecified atom stereocenters. The molecule has 0 radical (unpaired) electrons. The third-order valence-electron chi connectivity index (χ3n) is 2.73. The second-order valence-corrected chi connectivity index (χ2v) is 8.21. The summed E-state index contributed by atoms with van der Waals surface area (Å²) in [5, 5.41) is 8.36. The molecule has 0 saturated heterocycles. The number of benzene rings is 1. The van der Waals surface area contributed by atoms with Crippen LogP contribution in [0.4, 0.5) is 0 Å². The van der Waals surface area contributed by atoms with Crippen LogP contribution in [-0.4, -0.2) is 29.2 Å². The molecule has 8 heteroatoms. The molecule has 2 rings (SSSR count). The van der Waals surface area contributed by atoms with Gasteiger partial charge in [-0.2, -0.15) is 0 Å². The van der Waals surface area contributed by atoms with Crippen LogP contribution in [0.15, 0.2) is 35.4 Å². The van der Waals surface area contributed by atoms with Crippen molar-refractivity contribution in [3.8, 4) is 0 Å². The van der Waals surface area contributed by atoms with Crippen molar-refractivity contribution in [3.05, 3.63) is 41.2 Å². The number of aryl methyl sites for hydroxylation is 1. The summed E-state index contributed by atoms with van der Waals surface area (Å²) >= 11 is 9.13. The molecular weight excluding hydrogens is 366 g/mol. The Balaban J connectivity index is 2.07. The SMILES string of the molecule is CC(Br)c1cn(CCS(=O)(=O)c2ccc(Cl)cc2)nn1. The molecular formula is C12H13BrClN3O2S. The van der Waals surface area contributed by atoms with Crippen molar-refractivity contribution in [1.82, 2.24) is 15.0 Å². The number of rotatable bonds is 5. The predicted octanol–water partition coefficient (Wildman–Crippen LogP) is 2.86. The quantitative estimate of drug-likeness (QED) is 0.750. The number of sulfone groups is 1. The van der Waals surface area contributed by atoms with Gasteiger partial charge in [-0.1, -0.05) is 32.7 Å². The smallest absolute Gasteiger partial charge is 0.180 e. The highest BCUT2D eigenvalue weighted by atomic mass is 79.9. The molecule has 0 amide bonds. The maximum absolute atomic E-state index is 12.1. The van der Waals surface area contributed by atoms with Crippen molar-refractivity contribution >= 4 is 37.4 Å². The van der Waals surface area contributed by atoms with Crippen molar-refractivity contribution in [1.29, 1.82) is 0 Å². The van der Waals surface area contributed by atoms with Crippen LogP contribution < -0.4 is 0 Å². The Hall–Kier alpha value is -0.920. The van der Waals surface area contributed by atoms with E-state index in [-0.39, 0.29) is 22.0 Å². The van der Waals surface area contributed by atoms with Gasteiger partial charge in [0, 0.05) is 11.2 Å². The summed E-state index contributed by atoms with van der Waals surface area (Å²) in [6, 6.07) is 6.14. The summed E-state index contributed by atoms with van der Waals surface area (Å²) in [5.41, 5.74) is 0.772. The molecule has 0 bridgehead atoms. The van der Waals surface area contributed by atoms with Crippen LogP contribution in [0.3, 0.4) is 0 Å². The van der Waals surface area contributed by atoms with Crippen LogP contribution in [-0.2, 0) is 16.4 Å². The van der Waals surface area contributed by atoms with E-state index in [0.29, 0.717) is 5.02 Å². The van der Waals surface area contributed by atoms with Crippen LogP contribution in [0.2, 0.25) is 5.02 Å². The van der Waals surface area contributed by atoms with Gasteiger partial charge in [-0.15, -0.1) is 5.10 Å². The van der Waals surface area contributed by atoms with Gasteiger partial charge in [-0.05, 0) is 31.2 Å². The number of halogens is 2. The third kappa shape index (κ3) is 3.80. The van der Waals surface area contributed by atoms with E-state index < -0.39 is 9.84 Å². The number of hydrogen-bond donors (Lipinski definition) is 0. The van der Waals surface area contributed by atoms with E-state index in [1.165, 1.54) is 16.8 Å². The van der Waals surface area contributed by atoms with Gasteiger partial charge in [-0.3, -0.25) is 4.68 Å². The third-order valence-corrected chi connectivity index (χ3v) is 5.16. The molecule has 108 valence electrons. The van der Waals surface area contributed by atoms with Gasteiger partial charge >= 0.3 is 0 Å². The minimum atomic E-state index is -3.35. The zero-order valence-corrected chi connectivity index (χ0v) is 13.9. The lowest BCUT2D eigenvalue weighted by atomic mass is 10.4. The minimum Gasteiger partial charge on any atom is -0.251 e. The van der Waals surface area contributed by atoms with Crippen molar-refractivity contribution in [2.75, 3.05) is 5.75 Å². The summed E-state index contributed by atoms with van der Waals surface area (Å²) in [4.78, 5) is 0.347. The van der Waals surface area contributed by atoms with Gasteiger partial charge in [0.15, 0.2) is 9.84 Å². The lowest BCUT2D eigenvalue weighted by molar-refractivity contribution is 0.575. The highest BCUT2D eigenvalue weighted by Gasteiger charge is 2.15. The van der Waals surface area contributed by atoms with Crippen molar-refractivity contribution in [2.24, 2.45) is 0 Å². The van der Waals surface area contributed by atoms with Crippen molar-refractivity contribution in [2.45, 2.75) is 23.2 Å². The summed E-state index contributed by atoms with van der Waals surface area (Å²) < 4.78 is 25.8. The topological polar surface area (TPSA) is 64.8 Å². The summed E-state index contributed by atoms with van der Waals surface area (Å²) in [6.45, 7) is 2.19. The monoisotopic (exact) mass is 377 g/mol. The second kappa shape index (κ2) is 6.24. The standard InChI is InChI=1S/C12H13BrClN3O2S/c1-9(13)12-8-17(16-15-12)6-7-20(18,19)11-4-2-10(14)3-5-11/h2-5,8-9H,6-7H2,1H3. The zero-order valence-electron chi connectivity index (χ0n) is 10.7. The van der Waals surface area contributed by atoms with E-state index in [2.05, 4.69) is 26.2 Å². The van der Waals surface area contributed by atoms with E-state index in [1.807, 2.05) is 6.92 Å². The maximum atomic E-state index is 12.1.